The lowest BCUT2D eigenvalue weighted by atomic mass is 10.1. The molecule has 2 nitrogen and oxygen atoms in total. The van der Waals surface area contributed by atoms with Crippen LogP contribution < -0.4 is 10.6 Å². The summed E-state index contributed by atoms with van der Waals surface area (Å²) in [7, 11) is 2.11. The van der Waals surface area contributed by atoms with Crippen molar-refractivity contribution in [2.45, 2.75) is 6.42 Å². The first-order valence-electron chi connectivity index (χ1n) is 5.71. The molecule has 0 aliphatic carbocycles. The fraction of sp³-hybridized carbons (Fsp3) is 0.286. The van der Waals surface area contributed by atoms with Crippen LogP contribution in [0.4, 0.5) is 5.69 Å². The van der Waals surface area contributed by atoms with Crippen molar-refractivity contribution >= 4 is 16.5 Å². The summed E-state index contributed by atoms with van der Waals surface area (Å²) in [5.41, 5.74) is 6.78. The number of nitrogens with zero attached hydrogens (tertiary/aromatic N) is 1. The largest absolute Gasteiger partial charge is 0.375 e. The summed E-state index contributed by atoms with van der Waals surface area (Å²) >= 11 is 0. The van der Waals surface area contributed by atoms with Crippen LogP contribution in [0.15, 0.2) is 42.5 Å². The Balaban J connectivity index is 2.25. The smallest absolute Gasteiger partial charge is 0.0370 e. The van der Waals surface area contributed by atoms with Crippen molar-refractivity contribution in [1.29, 1.82) is 0 Å². The number of fused-ring (bicyclic) bond motifs is 1. The molecule has 0 bridgehead atoms. The van der Waals surface area contributed by atoms with Gasteiger partial charge in [-0.25, -0.2) is 0 Å². The molecule has 84 valence electrons. The Bertz CT molecular complexity index is 465. The predicted molar refractivity (Wildman–Crippen MR) is 70.9 cm³/mol. The molecular weight excluding hydrogens is 196 g/mol. The van der Waals surface area contributed by atoms with Gasteiger partial charge in [-0.1, -0.05) is 30.3 Å². The lowest BCUT2D eigenvalue weighted by Gasteiger charge is -2.19. The molecular formula is C14H18N2. The molecule has 0 fully saturated rings. The highest BCUT2D eigenvalue weighted by atomic mass is 15.1. The molecule has 0 atom stereocenters. The molecule has 2 aromatic carbocycles. The van der Waals surface area contributed by atoms with Crippen molar-refractivity contribution in [1.82, 2.24) is 0 Å². The normalized spacial score (nSPS) is 10.6. The van der Waals surface area contributed by atoms with Crippen LogP contribution in [0.1, 0.15) is 6.42 Å². The second kappa shape index (κ2) is 4.99. The molecule has 2 N–H and O–H groups in total. The van der Waals surface area contributed by atoms with E-state index < -0.39 is 0 Å². The molecule has 0 amide bonds. The van der Waals surface area contributed by atoms with E-state index in [1.54, 1.807) is 0 Å². The molecule has 0 unspecified atom stereocenters. The number of benzene rings is 2. The third-order valence-electron chi connectivity index (χ3n) is 2.87. The van der Waals surface area contributed by atoms with E-state index >= 15 is 0 Å². The van der Waals surface area contributed by atoms with E-state index in [1.165, 1.54) is 16.5 Å². The van der Waals surface area contributed by atoms with Crippen molar-refractivity contribution in [2.75, 3.05) is 25.0 Å². The average molecular weight is 214 g/mol. The molecule has 0 radical (unpaired) electrons. The zero-order valence-corrected chi connectivity index (χ0v) is 9.69. The minimum absolute atomic E-state index is 0.748. The number of anilines is 1. The van der Waals surface area contributed by atoms with Crippen LogP contribution in [-0.2, 0) is 0 Å². The molecule has 0 saturated heterocycles. The standard InChI is InChI=1S/C14H18N2/c1-16(10-4-9-15)14-8-7-12-5-2-3-6-13(12)11-14/h2-3,5-8,11H,4,9-10,15H2,1H3. The molecule has 2 heteroatoms. The van der Waals surface area contributed by atoms with Gasteiger partial charge >= 0.3 is 0 Å². The molecule has 0 heterocycles. The Hall–Kier alpha value is -1.54. The van der Waals surface area contributed by atoms with Gasteiger partial charge < -0.3 is 10.6 Å². The van der Waals surface area contributed by atoms with Gasteiger partial charge in [-0.3, -0.25) is 0 Å². The van der Waals surface area contributed by atoms with Gasteiger partial charge in [0.05, 0.1) is 0 Å². The van der Waals surface area contributed by atoms with E-state index in [2.05, 4.69) is 54.4 Å². The topological polar surface area (TPSA) is 29.3 Å². The minimum Gasteiger partial charge on any atom is -0.375 e. The van der Waals surface area contributed by atoms with E-state index in [-0.39, 0.29) is 0 Å². The van der Waals surface area contributed by atoms with Crippen molar-refractivity contribution in [3.63, 3.8) is 0 Å². The van der Waals surface area contributed by atoms with Crippen LogP contribution in [-0.4, -0.2) is 20.1 Å². The number of hydrogen-bond donors (Lipinski definition) is 1. The number of nitrogens with two attached hydrogens (primary N) is 1. The van der Waals surface area contributed by atoms with Gasteiger partial charge in [0.25, 0.3) is 0 Å². The lowest BCUT2D eigenvalue weighted by molar-refractivity contribution is 0.796. The third kappa shape index (κ3) is 2.34. The Kier molecular flexibility index (Phi) is 3.42. The third-order valence-corrected chi connectivity index (χ3v) is 2.87. The van der Waals surface area contributed by atoms with Crippen LogP contribution in [0, 0.1) is 0 Å². The van der Waals surface area contributed by atoms with Crippen LogP contribution in [0.2, 0.25) is 0 Å². The second-order valence-corrected chi connectivity index (χ2v) is 4.10. The fourth-order valence-electron chi connectivity index (χ4n) is 1.87. The molecule has 0 saturated carbocycles. The highest BCUT2D eigenvalue weighted by molar-refractivity contribution is 5.85. The van der Waals surface area contributed by atoms with E-state index in [4.69, 9.17) is 5.73 Å². The quantitative estimate of drug-likeness (QED) is 0.847. The maximum atomic E-state index is 5.52. The molecule has 0 aromatic heterocycles. The molecule has 16 heavy (non-hydrogen) atoms. The van der Waals surface area contributed by atoms with Crippen molar-refractivity contribution in [3.05, 3.63) is 42.5 Å². The summed E-state index contributed by atoms with van der Waals surface area (Å²) in [6.07, 6.45) is 1.03. The van der Waals surface area contributed by atoms with Crippen molar-refractivity contribution < 1.29 is 0 Å². The maximum absolute atomic E-state index is 5.52. The summed E-state index contributed by atoms with van der Waals surface area (Å²) in [4.78, 5) is 2.25. The zero-order valence-electron chi connectivity index (χ0n) is 9.69. The van der Waals surface area contributed by atoms with Gasteiger partial charge in [-0.05, 0) is 35.9 Å². The van der Waals surface area contributed by atoms with Crippen LogP contribution in [0.5, 0.6) is 0 Å². The van der Waals surface area contributed by atoms with Crippen LogP contribution in [0.3, 0.4) is 0 Å². The van der Waals surface area contributed by atoms with Gasteiger partial charge in [0, 0.05) is 19.3 Å². The summed E-state index contributed by atoms with van der Waals surface area (Å²) < 4.78 is 0. The first-order chi connectivity index (χ1) is 7.81. The zero-order chi connectivity index (χ0) is 11.4. The molecule has 0 spiro atoms. The fourth-order valence-corrected chi connectivity index (χ4v) is 1.87. The Morgan fingerprint density at radius 1 is 1.06 bits per heavy atom. The van der Waals surface area contributed by atoms with Gasteiger partial charge in [0.2, 0.25) is 0 Å². The highest BCUT2D eigenvalue weighted by Gasteiger charge is 2.00. The Morgan fingerprint density at radius 2 is 1.81 bits per heavy atom. The molecule has 0 aliphatic heterocycles. The number of hydrogen-bond acceptors (Lipinski definition) is 2. The predicted octanol–water partition coefficient (Wildman–Crippen LogP) is 2.62. The molecule has 2 aromatic rings. The molecule has 0 aliphatic rings. The van der Waals surface area contributed by atoms with Crippen LogP contribution >= 0.6 is 0 Å². The summed E-state index contributed by atoms with van der Waals surface area (Å²) in [5.74, 6) is 0. The van der Waals surface area contributed by atoms with Gasteiger partial charge in [0.1, 0.15) is 0 Å². The summed E-state index contributed by atoms with van der Waals surface area (Å²) in [6.45, 7) is 1.76. The van der Waals surface area contributed by atoms with E-state index in [0.29, 0.717) is 0 Å². The van der Waals surface area contributed by atoms with Gasteiger partial charge in [0.15, 0.2) is 0 Å². The highest BCUT2D eigenvalue weighted by Crippen LogP contribution is 2.21. The maximum Gasteiger partial charge on any atom is 0.0370 e. The number of rotatable bonds is 4. The van der Waals surface area contributed by atoms with E-state index in [1.807, 2.05) is 0 Å². The Morgan fingerprint density at radius 3 is 2.56 bits per heavy atom. The SMILES string of the molecule is CN(CCCN)c1ccc2ccccc2c1. The van der Waals surface area contributed by atoms with Crippen molar-refractivity contribution in [3.8, 4) is 0 Å². The van der Waals surface area contributed by atoms with Gasteiger partial charge in [-0.2, -0.15) is 0 Å². The van der Waals surface area contributed by atoms with Gasteiger partial charge in [-0.15, -0.1) is 0 Å². The summed E-state index contributed by atoms with van der Waals surface area (Å²) in [6, 6.07) is 15.0. The average Bonchev–Trinajstić information content (AvgIpc) is 2.35. The monoisotopic (exact) mass is 214 g/mol. The molecule has 2 rings (SSSR count). The lowest BCUT2D eigenvalue weighted by Crippen LogP contribution is -2.20. The summed E-state index contributed by atoms with van der Waals surface area (Å²) in [5, 5.41) is 2.58. The second-order valence-electron chi connectivity index (χ2n) is 4.10. The van der Waals surface area contributed by atoms with E-state index in [9.17, 15) is 0 Å². The van der Waals surface area contributed by atoms with E-state index in [0.717, 1.165) is 19.5 Å². The van der Waals surface area contributed by atoms with Crippen molar-refractivity contribution in [2.24, 2.45) is 5.73 Å². The first-order valence-corrected chi connectivity index (χ1v) is 5.71. The minimum atomic E-state index is 0.748. The first kappa shape index (κ1) is 11.0. The van der Waals surface area contributed by atoms with Crippen LogP contribution in [0.25, 0.3) is 10.8 Å². The Labute approximate surface area is 96.7 Å².